The molecule has 2 aromatic carbocycles. The van der Waals surface area contributed by atoms with Crippen LogP contribution in [0.3, 0.4) is 0 Å². The third-order valence-electron chi connectivity index (χ3n) is 3.83. The van der Waals surface area contributed by atoms with Crippen LogP contribution in [0.5, 0.6) is 0 Å². The van der Waals surface area contributed by atoms with E-state index in [-0.39, 0.29) is 24.3 Å². The van der Waals surface area contributed by atoms with Crippen molar-refractivity contribution in [3.63, 3.8) is 0 Å². The molecule has 4 rings (SSSR count). The molecule has 4 aromatic rings. The Hall–Kier alpha value is -3.95. The Bertz CT molecular complexity index is 1120. The maximum Gasteiger partial charge on any atom is 0.324 e. The van der Waals surface area contributed by atoms with Crippen LogP contribution in [0.4, 0.5) is 21.0 Å². The molecular weight excluding hydrogens is 353 g/mol. The van der Waals surface area contributed by atoms with Crippen molar-refractivity contribution in [1.82, 2.24) is 25.7 Å². The highest BCUT2D eigenvalue weighted by Crippen LogP contribution is 2.26. The van der Waals surface area contributed by atoms with Crippen molar-refractivity contribution < 1.29 is 13.6 Å². The van der Waals surface area contributed by atoms with Crippen molar-refractivity contribution in [1.29, 1.82) is 0 Å². The molecule has 0 atom stereocenters. The summed E-state index contributed by atoms with van der Waals surface area (Å²) in [4.78, 5) is 11.9. The number of nitrogens with zero attached hydrogens (tertiary/aromatic N) is 3. The first kappa shape index (κ1) is 16.5. The number of amides is 2. The van der Waals surface area contributed by atoms with Gasteiger partial charge in [0.1, 0.15) is 5.82 Å². The van der Waals surface area contributed by atoms with Gasteiger partial charge < -0.3 is 15.5 Å². The van der Waals surface area contributed by atoms with Gasteiger partial charge in [0.05, 0.1) is 5.52 Å². The summed E-state index contributed by atoms with van der Waals surface area (Å²) in [5.41, 5.74) is 7.83. The largest absolute Gasteiger partial charge is 0.403 e. The molecule has 0 saturated heterocycles. The highest BCUT2D eigenvalue weighted by atomic mass is 19.1. The van der Waals surface area contributed by atoms with Gasteiger partial charge in [-0.05, 0) is 35.9 Å². The minimum atomic E-state index is -0.552. The first-order valence-corrected chi connectivity index (χ1v) is 7.95. The maximum atomic E-state index is 13.1. The summed E-state index contributed by atoms with van der Waals surface area (Å²) >= 11 is 0. The van der Waals surface area contributed by atoms with Crippen molar-refractivity contribution in [2.24, 2.45) is 0 Å². The van der Waals surface area contributed by atoms with Crippen LogP contribution in [0.1, 0.15) is 5.56 Å². The Balaban J connectivity index is 1.42. The topological polar surface area (TPSA) is 135 Å². The number of nitrogens with two attached hydrogens (primary N) is 1. The van der Waals surface area contributed by atoms with Crippen LogP contribution in [-0.4, -0.2) is 26.4 Å². The van der Waals surface area contributed by atoms with E-state index in [1.807, 2.05) is 0 Å². The Morgan fingerprint density at radius 3 is 2.96 bits per heavy atom. The molecule has 0 unspecified atom stereocenters. The van der Waals surface area contributed by atoms with Gasteiger partial charge >= 0.3 is 12.0 Å². The summed E-state index contributed by atoms with van der Waals surface area (Å²) in [5.74, 6) is 0.214. The molecule has 0 spiro atoms. The molecular formula is C17H14FN7O2. The number of halogens is 1. The summed E-state index contributed by atoms with van der Waals surface area (Å²) in [6, 6.07) is 10.6. The second kappa shape index (κ2) is 6.75. The number of nitrogen functional groups attached to an aromatic ring is 1. The van der Waals surface area contributed by atoms with E-state index in [1.165, 1.54) is 12.1 Å². The number of anilines is 2. The zero-order chi connectivity index (χ0) is 18.8. The second-order valence-corrected chi connectivity index (χ2v) is 5.72. The Labute approximate surface area is 151 Å². The number of aromatic amines is 1. The van der Waals surface area contributed by atoms with Gasteiger partial charge in [0, 0.05) is 17.5 Å². The Morgan fingerprint density at radius 2 is 2.11 bits per heavy atom. The lowest BCUT2D eigenvalue weighted by Crippen LogP contribution is -2.28. The maximum absolute atomic E-state index is 13.1. The van der Waals surface area contributed by atoms with E-state index in [0.717, 1.165) is 10.9 Å². The molecule has 5 N–H and O–H groups in total. The van der Waals surface area contributed by atoms with Crippen LogP contribution < -0.4 is 16.4 Å². The summed E-state index contributed by atoms with van der Waals surface area (Å²) in [6.45, 7) is 0.154. The summed E-state index contributed by atoms with van der Waals surface area (Å²) < 4.78 is 18.6. The number of carbonyl (C=O) groups is 1. The normalized spacial score (nSPS) is 10.9. The first-order valence-electron chi connectivity index (χ1n) is 7.95. The van der Waals surface area contributed by atoms with Crippen LogP contribution in [0, 0.1) is 5.82 Å². The molecule has 2 aromatic heterocycles. The predicted molar refractivity (Wildman–Crippen MR) is 96.1 cm³/mol. The van der Waals surface area contributed by atoms with E-state index in [2.05, 4.69) is 31.0 Å². The fourth-order valence-corrected chi connectivity index (χ4v) is 2.53. The summed E-state index contributed by atoms with van der Waals surface area (Å²) in [7, 11) is 0. The number of urea groups is 1. The van der Waals surface area contributed by atoms with Gasteiger partial charge in [0.15, 0.2) is 5.82 Å². The third-order valence-corrected chi connectivity index (χ3v) is 3.83. The minimum Gasteiger partial charge on any atom is -0.403 e. The molecule has 2 heterocycles. The van der Waals surface area contributed by atoms with Crippen molar-refractivity contribution in [3.05, 3.63) is 53.8 Å². The van der Waals surface area contributed by atoms with E-state index < -0.39 is 6.03 Å². The smallest absolute Gasteiger partial charge is 0.324 e. The van der Waals surface area contributed by atoms with Crippen molar-refractivity contribution in [3.8, 4) is 11.5 Å². The van der Waals surface area contributed by atoms with E-state index in [9.17, 15) is 9.18 Å². The average molecular weight is 367 g/mol. The van der Waals surface area contributed by atoms with Gasteiger partial charge in [-0.3, -0.25) is 10.4 Å². The number of nitrogens with one attached hydrogen (secondary N) is 3. The number of carbonyl (C=O) groups excluding carboxylic acids is 1. The molecule has 0 aliphatic heterocycles. The van der Waals surface area contributed by atoms with Crippen molar-refractivity contribution in [2.45, 2.75) is 6.54 Å². The van der Waals surface area contributed by atoms with Crippen LogP contribution in [-0.2, 0) is 6.54 Å². The molecule has 27 heavy (non-hydrogen) atoms. The summed E-state index contributed by atoms with van der Waals surface area (Å²) in [6.07, 6.45) is 0. The highest BCUT2D eigenvalue weighted by Gasteiger charge is 2.13. The Kier molecular flexibility index (Phi) is 4.13. The van der Waals surface area contributed by atoms with E-state index in [1.54, 1.807) is 30.3 Å². The fourth-order valence-electron chi connectivity index (χ4n) is 2.53. The van der Waals surface area contributed by atoms with Gasteiger partial charge in [0.2, 0.25) is 5.89 Å². The average Bonchev–Trinajstić information content (AvgIpc) is 3.27. The monoisotopic (exact) mass is 367 g/mol. The molecule has 10 heteroatoms. The molecule has 0 saturated carbocycles. The lowest BCUT2D eigenvalue weighted by Gasteiger charge is -2.04. The van der Waals surface area contributed by atoms with Gasteiger partial charge in [-0.25, -0.2) is 9.18 Å². The number of benzene rings is 2. The number of hydrogen-bond donors (Lipinski definition) is 4. The van der Waals surface area contributed by atoms with Crippen LogP contribution >= 0.6 is 0 Å². The third kappa shape index (κ3) is 3.54. The molecule has 0 aliphatic carbocycles. The quantitative estimate of drug-likeness (QED) is 0.438. The number of hydrogen-bond acceptors (Lipinski definition) is 6. The molecule has 136 valence electrons. The lowest BCUT2D eigenvalue weighted by molar-refractivity contribution is 0.251. The fraction of sp³-hybridized carbons (Fsp3) is 0.0588. The van der Waals surface area contributed by atoms with E-state index in [0.29, 0.717) is 16.9 Å². The molecule has 0 aliphatic rings. The minimum absolute atomic E-state index is 0.0676. The molecule has 0 radical (unpaired) electrons. The van der Waals surface area contributed by atoms with Gasteiger partial charge in [-0.2, -0.15) is 5.10 Å². The second-order valence-electron chi connectivity index (χ2n) is 5.72. The highest BCUT2D eigenvalue weighted by molar-refractivity contribution is 5.91. The lowest BCUT2D eigenvalue weighted by atomic mass is 10.1. The summed E-state index contributed by atoms with van der Waals surface area (Å²) in [5, 5.41) is 20.2. The van der Waals surface area contributed by atoms with Gasteiger partial charge in [0.25, 0.3) is 0 Å². The SMILES string of the molecule is Nc1n[nH]c2ccc(-c3nnc(NC(=O)NCc4cccc(F)c4)o3)cc12. The van der Waals surface area contributed by atoms with Crippen LogP contribution in [0.15, 0.2) is 46.9 Å². The van der Waals surface area contributed by atoms with Gasteiger partial charge in [-0.1, -0.05) is 17.2 Å². The van der Waals surface area contributed by atoms with Crippen molar-refractivity contribution >= 4 is 28.8 Å². The van der Waals surface area contributed by atoms with Crippen LogP contribution in [0.2, 0.25) is 0 Å². The molecule has 0 bridgehead atoms. The van der Waals surface area contributed by atoms with Crippen molar-refractivity contribution in [2.75, 3.05) is 11.1 Å². The van der Waals surface area contributed by atoms with E-state index >= 15 is 0 Å². The Morgan fingerprint density at radius 1 is 1.22 bits per heavy atom. The zero-order valence-corrected chi connectivity index (χ0v) is 13.9. The molecule has 0 fully saturated rings. The van der Waals surface area contributed by atoms with Crippen LogP contribution in [0.25, 0.3) is 22.4 Å². The first-order chi connectivity index (χ1) is 13.1. The van der Waals surface area contributed by atoms with Gasteiger partial charge in [-0.15, -0.1) is 5.10 Å². The number of H-pyrrole nitrogens is 1. The zero-order valence-electron chi connectivity index (χ0n) is 13.9. The number of aromatic nitrogens is 4. The molecule has 9 nitrogen and oxygen atoms in total. The standard InChI is InChI=1S/C17H14FN7O2/c18-11-3-1-2-9(6-11)8-20-16(26)21-17-25-24-15(27-17)10-4-5-13-12(7-10)14(19)23-22-13/h1-7H,8H2,(H3,19,22,23)(H2,20,21,25,26). The van der Waals surface area contributed by atoms with E-state index in [4.69, 9.17) is 10.2 Å². The molecule has 2 amide bonds. The predicted octanol–water partition coefficient (Wildman–Crippen LogP) is 2.66. The number of fused-ring (bicyclic) bond motifs is 1. The number of rotatable bonds is 4.